The maximum absolute atomic E-state index is 13.2. The maximum atomic E-state index is 13.2. The van der Waals surface area contributed by atoms with Crippen LogP contribution in [0, 0.1) is 5.82 Å². The van der Waals surface area contributed by atoms with E-state index < -0.39 is 0 Å². The highest BCUT2D eigenvalue weighted by Crippen LogP contribution is 2.25. The molecule has 0 amide bonds. The predicted molar refractivity (Wildman–Crippen MR) is 70.9 cm³/mol. The zero-order valence-electron chi connectivity index (χ0n) is 9.14. The van der Waals surface area contributed by atoms with Gasteiger partial charge in [-0.1, -0.05) is 0 Å². The number of hydrogen-bond acceptors (Lipinski definition) is 3. The maximum Gasteiger partial charge on any atom is 0.205 e. The van der Waals surface area contributed by atoms with Crippen molar-refractivity contribution in [2.24, 2.45) is 0 Å². The van der Waals surface area contributed by atoms with Crippen molar-refractivity contribution in [2.45, 2.75) is 0 Å². The quantitative estimate of drug-likeness (QED) is 0.752. The minimum atomic E-state index is -0.316. The van der Waals surface area contributed by atoms with Crippen LogP contribution in [0.4, 0.5) is 10.3 Å². The van der Waals surface area contributed by atoms with E-state index in [1.807, 2.05) is 6.07 Å². The molecule has 1 aromatic carbocycles. The smallest absolute Gasteiger partial charge is 0.205 e. The monoisotopic (exact) mass is 306 g/mol. The zero-order valence-corrected chi connectivity index (χ0v) is 10.7. The normalized spacial score (nSPS) is 11.0. The number of rotatable bonds is 1. The summed E-state index contributed by atoms with van der Waals surface area (Å²) in [5.41, 5.74) is 8.17. The van der Waals surface area contributed by atoms with E-state index in [-0.39, 0.29) is 5.82 Å². The van der Waals surface area contributed by atoms with Gasteiger partial charge in [-0.2, -0.15) is 0 Å². The van der Waals surface area contributed by atoms with Gasteiger partial charge in [-0.05, 0) is 40.2 Å². The van der Waals surface area contributed by atoms with Crippen LogP contribution in [0.3, 0.4) is 0 Å². The molecule has 3 aromatic rings. The Hall–Kier alpha value is -1.95. The summed E-state index contributed by atoms with van der Waals surface area (Å²) in [4.78, 5) is 8.20. The number of imidazole rings is 1. The molecule has 0 aliphatic carbocycles. The first-order valence-corrected chi connectivity index (χ1v) is 5.99. The second-order valence-corrected chi connectivity index (χ2v) is 4.62. The first-order valence-electron chi connectivity index (χ1n) is 5.20. The molecule has 2 N–H and O–H groups in total. The van der Waals surface area contributed by atoms with Gasteiger partial charge in [-0.25, -0.2) is 9.37 Å². The molecule has 90 valence electrons. The molecule has 0 aliphatic heterocycles. The molecule has 0 atom stereocenters. The summed E-state index contributed by atoms with van der Waals surface area (Å²) in [6.07, 6.45) is 3.30. The Morgan fingerprint density at radius 3 is 2.89 bits per heavy atom. The number of nitrogens with two attached hydrogens (primary N) is 1. The van der Waals surface area contributed by atoms with Gasteiger partial charge in [0.15, 0.2) is 0 Å². The van der Waals surface area contributed by atoms with Crippen molar-refractivity contribution >= 4 is 32.9 Å². The largest absolute Gasteiger partial charge is 0.369 e. The van der Waals surface area contributed by atoms with Crippen LogP contribution in [0.1, 0.15) is 0 Å². The number of hydrogen-bond donors (Lipinski definition) is 1. The Morgan fingerprint density at radius 2 is 2.11 bits per heavy atom. The van der Waals surface area contributed by atoms with E-state index in [1.165, 1.54) is 6.07 Å². The van der Waals surface area contributed by atoms with Gasteiger partial charge < -0.3 is 5.73 Å². The molecule has 2 heterocycles. The van der Waals surface area contributed by atoms with Crippen LogP contribution >= 0.6 is 15.9 Å². The molecule has 0 radical (unpaired) electrons. The zero-order chi connectivity index (χ0) is 12.7. The summed E-state index contributed by atoms with van der Waals surface area (Å²) >= 11 is 3.16. The Balaban J connectivity index is 2.30. The third kappa shape index (κ3) is 1.65. The lowest BCUT2D eigenvalue weighted by Gasteiger charge is -2.07. The standard InChI is InChI=1S/C12H8BrFN4/c13-8-5-7(1-2-9(8)14)18-11-3-4-16-6-10(11)17-12(18)15/h1-6H,(H2,15,17). The Kier molecular flexibility index (Phi) is 2.52. The van der Waals surface area contributed by atoms with Gasteiger partial charge in [0, 0.05) is 6.20 Å². The van der Waals surface area contributed by atoms with E-state index in [2.05, 4.69) is 25.9 Å². The molecule has 0 saturated heterocycles. The summed E-state index contributed by atoms with van der Waals surface area (Å²) in [5.74, 6) is 0.0277. The number of pyridine rings is 1. The molecule has 4 nitrogen and oxygen atoms in total. The molecule has 18 heavy (non-hydrogen) atoms. The van der Waals surface area contributed by atoms with E-state index in [9.17, 15) is 4.39 Å². The first-order chi connectivity index (χ1) is 8.66. The van der Waals surface area contributed by atoms with Crippen molar-refractivity contribution in [1.29, 1.82) is 0 Å². The van der Waals surface area contributed by atoms with E-state index in [4.69, 9.17) is 5.73 Å². The van der Waals surface area contributed by atoms with E-state index in [0.717, 1.165) is 11.2 Å². The molecule has 0 fully saturated rings. The van der Waals surface area contributed by atoms with Crippen molar-refractivity contribution in [3.05, 3.63) is 46.9 Å². The van der Waals surface area contributed by atoms with Crippen LogP contribution in [0.2, 0.25) is 0 Å². The fraction of sp³-hybridized carbons (Fsp3) is 0. The lowest BCUT2D eigenvalue weighted by Crippen LogP contribution is -2.00. The fourth-order valence-electron chi connectivity index (χ4n) is 1.85. The third-order valence-electron chi connectivity index (χ3n) is 2.64. The van der Waals surface area contributed by atoms with Crippen LogP contribution in [-0.2, 0) is 0 Å². The Labute approximate surface area is 110 Å². The molecule has 6 heteroatoms. The van der Waals surface area contributed by atoms with Gasteiger partial charge in [-0.15, -0.1) is 0 Å². The number of fused-ring (bicyclic) bond motifs is 1. The minimum Gasteiger partial charge on any atom is -0.369 e. The van der Waals surface area contributed by atoms with Crippen molar-refractivity contribution < 1.29 is 4.39 Å². The van der Waals surface area contributed by atoms with Gasteiger partial charge in [0.25, 0.3) is 0 Å². The van der Waals surface area contributed by atoms with Crippen LogP contribution in [0.25, 0.3) is 16.7 Å². The Morgan fingerprint density at radius 1 is 1.28 bits per heavy atom. The van der Waals surface area contributed by atoms with Crippen molar-refractivity contribution in [3.63, 3.8) is 0 Å². The van der Waals surface area contributed by atoms with Gasteiger partial charge in [0.05, 0.1) is 21.9 Å². The summed E-state index contributed by atoms with van der Waals surface area (Å²) < 4.78 is 15.4. The lowest BCUT2D eigenvalue weighted by atomic mass is 10.3. The molecule has 0 spiro atoms. The van der Waals surface area contributed by atoms with Crippen LogP contribution in [-0.4, -0.2) is 14.5 Å². The van der Waals surface area contributed by atoms with Crippen LogP contribution in [0.5, 0.6) is 0 Å². The molecular weight excluding hydrogens is 299 g/mol. The van der Waals surface area contributed by atoms with Gasteiger partial charge in [0.1, 0.15) is 11.3 Å². The van der Waals surface area contributed by atoms with Crippen LogP contribution < -0.4 is 5.73 Å². The second kappa shape index (κ2) is 4.06. The average molecular weight is 307 g/mol. The van der Waals surface area contributed by atoms with Gasteiger partial charge in [-0.3, -0.25) is 9.55 Å². The molecular formula is C12H8BrFN4. The minimum absolute atomic E-state index is 0.316. The number of nitrogen functional groups attached to an aromatic ring is 1. The SMILES string of the molecule is Nc1nc2cnccc2n1-c1ccc(F)c(Br)c1. The molecule has 0 unspecified atom stereocenters. The van der Waals surface area contributed by atoms with Crippen molar-refractivity contribution in [1.82, 2.24) is 14.5 Å². The summed E-state index contributed by atoms with van der Waals surface area (Å²) in [5, 5.41) is 0. The molecule has 0 saturated carbocycles. The lowest BCUT2D eigenvalue weighted by molar-refractivity contribution is 0.620. The van der Waals surface area contributed by atoms with Gasteiger partial charge in [0.2, 0.25) is 5.95 Å². The van der Waals surface area contributed by atoms with Crippen molar-refractivity contribution in [2.75, 3.05) is 5.73 Å². The number of aromatic nitrogens is 3. The highest BCUT2D eigenvalue weighted by atomic mass is 79.9. The predicted octanol–water partition coefficient (Wildman–Crippen LogP) is 2.90. The highest BCUT2D eigenvalue weighted by molar-refractivity contribution is 9.10. The number of nitrogens with zero attached hydrogens (tertiary/aromatic N) is 3. The number of halogens is 2. The first kappa shape index (κ1) is 11.2. The van der Waals surface area contributed by atoms with Crippen molar-refractivity contribution in [3.8, 4) is 5.69 Å². The van der Waals surface area contributed by atoms with E-state index in [0.29, 0.717) is 15.9 Å². The number of anilines is 1. The second-order valence-electron chi connectivity index (χ2n) is 3.77. The molecule has 0 aliphatic rings. The summed E-state index contributed by atoms with van der Waals surface area (Å²) in [6, 6.07) is 6.51. The van der Waals surface area contributed by atoms with Gasteiger partial charge >= 0.3 is 0 Å². The number of benzene rings is 1. The van der Waals surface area contributed by atoms with E-state index >= 15 is 0 Å². The molecule has 0 bridgehead atoms. The summed E-state index contributed by atoms with van der Waals surface area (Å²) in [6.45, 7) is 0. The average Bonchev–Trinajstić information content (AvgIpc) is 2.69. The topological polar surface area (TPSA) is 56.7 Å². The molecule has 3 rings (SSSR count). The fourth-order valence-corrected chi connectivity index (χ4v) is 2.21. The Bertz CT molecular complexity index is 738. The van der Waals surface area contributed by atoms with Crippen LogP contribution in [0.15, 0.2) is 41.1 Å². The third-order valence-corrected chi connectivity index (χ3v) is 3.25. The molecule has 2 aromatic heterocycles. The van der Waals surface area contributed by atoms with E-state index in [1.54, 1.807) is 29.1 Å². The summed E-state index contributed by atoms with van der Waals surface area (Å²) in [7, 11) is 0. The highest BCUT2D eigenvalue weighted by Gasteiger charge is 2.11.